The van der Waals surface area contributed by atoms with Crippen molar-refractivity contribution in [1.29, 1.82) is 0 Å². The molecule has 0 bridgehead atoms. The fourth-order valence-corrected chi connectivity index (χ4v) is 1.31. The van der Waals surface area contributed by atoms with Gasteiger partial charge in [-0.2, -0.15) is 0 Å². The van der Waals surface area contributed by atoms with Crippen LogP contribution in [0, 0.1) is 0 Å². The van der Waals surface area contributed by atoms with Gasteiger partial charge in [-0.1, -0.05) is 6.08 Å². The Morgan fingerprint density at radius 2 is 2.23 bits per heavy atom. The highest BCUT2D eigenvalue weighted by atomic mass is 16.4. The van der Waals surface area contributed by atoms with Crippen LogP contribution in [0.3, 0.4) is 0 Å². The van der Waals surface area contributed by atoms with E-state index >= 15 is 0 Å². The first-order chi connectivity index (χ1) is 6.02. The zero-order valence-electron chi connectivity index (χ0n) is 7.05. The fraction of sp³-hybridized carbons (Fsp3) is 0.444. The lowest BCUT2D eigenvalue weighted by Crippen LogP contribution is -2.55. The van der Waals surface area contributed by atoms with Gasteiger partial charge in [-0.25, -0.2) is 0 Å². The molecule has 0 radical (unpaired) electrons. The Morgan fingerprint density at radius 3 is 2.77 bits per heavy atom. The van der Waals surface area contributed by atoms with E-state index in [9.17, 15) is 20.1 Å². The van der Waals surface area contributed by atoms with Gasteiger partial charge in [0.25, 0.3) is 0 Å². The van der Waals surface area contributed by atoms with Crippen molar-refractivity contribution >= 4 is 5.78 Å². The average Bonchev–Trinajstić information content (AvgIpc) is 2.10. The van der Waals surface area contributed by atoms with Crippen molar-refractivity contribution in [3.8, 4) is 0 Å². The Bertz CT molecular complexity index is 258. The summed E-state index contributed by atoms with van der Waals surface area (Å²) in [6.07, 6.45) is 0.790. The number of carbonyl (C=O) groups is 1. The summed E-state index contributed by atoms with van der Waals surface area (Å²) in [5.41, 5.74) is -1.92. The van der Waals surface area contributed by atoms with Crippen LogP contribution >= 0.6 is 0 Å². The molecule has 0 saturated heterocycles. The number of hydrogen-bond donors (Lipinski definition) is 3. The molecule has 72 valence electrons. The van der Waals surface area contributed by atoms with E-state index in [2.05, 4.69) is 6.58 Å². The van der Waals surface area contributed by atoms with Crippen molar-refractivity contribution < 1.29 is 20.1 Å². The minimum Gasteiger partial charge on any atom is -0.387 e. The molecule has 1 aliphatic rings. The van der Waals surface area contributed by atoms with Crippen molar-refractivity contribution in [2.75, 3.05) is 0 Å². The molecule has 3 N–H and O–H groups in total. The molecule has 0 fully saturated rings. The van der Waals surface area contributed by atoms with Crippen molar-refractivity contribution in [2.24, 2.45) is 0 Å². The zero-order chi connectivity index (χ0) is 10.1. The molecule has 13 heavy (non-hydrogen) atoms. The largest absolute Gasteiger partial charge is 0.387 e. The summed E-state index contributed by atoms with van der Waals surface area (Å²) in [5, 5.41) is 28.2. The Labute approximate surface area is 75.8 Å². The van der Waals surface area contributed by atoms with Crippen LogP contribution in [0.2, 0.25) is 0 Å². The molecule has 4 nitrogen and oxygen atoms in total. The van der Waals surface area contributed by atoms with Crippen LogP contribution in [-0.4, -0.2) is 38.9 Å². The molecule has 3 atom stereocenters. The van der Waals surface area contributed by atoms with Gasteiger partial charge < -0.3 is 15.3 Å². The first kappa shape index (κ1) is 10.1. The lowest BCUT2D eigenvalue weighted by Gasteiger charge is -2.34. The van der Waals surface area contributed by atoms with E-state index in [1.807, 2.05) is 0 Å². The molecule has 0 aromatic heterocycles. The molecule has 0 heterocycles. The number of hydrogen-bond acceptors (Lipinski definition) is 4. The van der Waals surface area contributed by atoms with Gasteiger partial charge >= 0.3 is 0 Å². The molecule has 1 rings (SSSR count). The standard InChI is InChI=1S/C9H12O4/c1-2-5-9(13)7(11)4-3-6(10)8(9)12/h2-4,6,8,10,12-13H,1,5H2/t6-,8-,9+/m0/s1. The van der Waals surface area contributed by atoms with Gasteiger partial charge in [-0.3, -0.25) is 4.79 Å². The molecular weight excluding hydrogens is 172 g/mol. The fourth-order valence-electron chi connectivity index (χ4n) is 1.31. The molecule has 4 heteroatoms. The minimum absolute atomic E-state index is 0.0750. The predicted octanol–water partition coefficient (Wildman–Crippen LogP) is -0.846. The third-order valence-corrected chi connectivity index (χ3v) is 2.14. The van der Waals surface area contributed by atoms with Crippen LogP contribution < -0.4 is 0 Å². The average molecular weight is 184 g/mol. The van der Waals surface area contributed by atoms with E-state index in [1.54, 1.807) is 0 Å². The van der Waals surface area contributed by atoms with E-state index in [0.29, 0.717) is 0 Å². The normalized spacial score (nSPS) is 39.2. The van der Waals surface area contributed by atoms with Gasteiger partial charge in [0.1, 0.15) is 12.2 Å². The number of aliphatic hydroxyl groups excluding tert-OH is 2. The molecule has 0 spiro atoms. The molecule has 0 aromatic carbocycles. The summed E-state index contributed by atoms with van der Waals surface area (Å²) < 4.78 is 0. The molecule has 0 unspecified atom stereocenters. The molecule has 0 aliphatic heterocycles. The number of aliphatic hydroxyl groups is 3. The second kappa shape index (κ2) is 3.41. The van der Waals surface area contributed by atoms with Crippen LogP contribution in [0.1, 0.15) is 6.42 Å². The second-order valence-corrected chi connectivity index (χ2v) is 3.08. The third-order valence-electron chi connectivity index (χ3n) is 2.14. The van der Waals surface area contributed by atoms with Gasteiger partial charge in [0.2, 0.25) is 0 Å². The Kier molecular flexibility index (Phi) is 2.66. The maximum Gasteiger partial charge on any atom is 0.190 e. The zero-order valence-corrected chi connectivity index (χ0v) is 7.05. The van der Waals surface area contributed by atoms with Crippen molar-refractivity contribution in [2.45, 2.75) is 24.2 Å². The lowest BCUT2D eigenvalue weighted by atomic mass is 9.81. The Balaban J connectivity index is 2.99. The maximum absolute atomic E-state index is 11.2. The van der Waals surface area contributed by atoms with Crippen LogP contribution in [0.5, 0.6) is 0 Å². The number of rotatable bonds is 2. The van der Waals surface area contributed by atoms with Crippen molar-refractivity contribution in [3.05, 3.63) is 24.8 Å². The SMILES string of the molecule is C=CC[C@@]1(O)C(=O)C=C[C@H](O)[C@@H]1O. The van der Waals surface area contributed by atoms with Gasteiger partial charge in [-0.05, 0) is 12.2 Å². The molecular formula is C9H12O4. The highest BCUT2D eigenvalue weighted by molar-refractivity contribution is 5.98. The maximum atomic E-state index is 11.2. The van der Waals surface area contributed by atoms with Crippen LogP contribution in [0.4, 0.5) is 0 Å². The van der Waals surface area contributed by atoms with E-state index in [-0.39, 0.29) is 6.42 Å². The monoisotopic (exact) mass is 184 g/mol. The van der Waals surface area contributed by atoms with Gasteiger partial charge in [0.05, 0.1) is 0 Å². The third kappa shape index (κ3) is 1.56. The van der Waals surface area contributed by atoms with Gasteiger partial charge in [0.15, 0.2) is 11.4 Å². The Hall–Kier alpha value is -0.970. The topological polar surface area (TPSA) is 77.8 Å². The molecule has 0 amide bonds. The molecule has 0 saturated carbocycles. The van der Waals surface area contributed by atoms with Crippen LogP contribution in [-0.2, 0) is 4.79 Å². The van der Waals surface area contributed by atoms with Crippen molar-refractivity contribution in [1.82, 2.24) is 0 Å². The van der Waals surface area contributed by atoms with E-state index in [1.165, 1.54) is 6.08 Å². The second-order valence-electron chi connectivity index (χ2n) is 3.08. The van der Waals surface area contributed by atoms with E-state index < -0.39 is 23.6 Å². The van der Waals surface area contributed by atoms with E-state index in [0.717, 1.165) is 12.2 Å². The summed E-state index contributed by atoms with van der Waals surface area (Å²) in [6.45, 7) is 3.36. The van der Waals surface area contributed by atoms with Crippen molar-refractivity contribution in [3.63, 3.8) is 0 Å². The smallest absolute Gasteiger partial charge is 0.190 e. The Morgan fingerprint density at radius 1 is 1.62 bits per heavy atom. The summed E-state index contributed by atoms with van der Waals surface area (Å²) in [6, 6.07) is 0. The quantitative estimate of drug-likeness (QED) is 0.489. The highest BCUT2D eigenvalue weighted by Crippen LogP contribution is 2.25. The summed E-state index contributed by atoms with van der Waals surface area (Å²) in [7, 11) is 0. The minimum atomic E-state index is -1.92. The highest BCUT2D eigenvalue weighted by Gasteiger charge is 2.46. The first-order valence-electron chi connectivity index (χ1n) is 3.94. The first-order valence-corrected chi connectivity index (χ1v) is 3.94. The van der Waals surface area contributed by atoms with E-state index in [4.69, 9.17) is 0 Å². The molecule has 1 aliphatic carbocycles. The summed E-state index contributed by atoms with van der Waals surface area (Å²) >= 11 is 0. The van der Waals surface area contributed by atoms with Crippen LogP contribution in [0.25, 0.3) is 0 Å². The van der Waals surface area contributed by atoms with Crippen LogP contribution in [0.15, 0.2) is 24.8 Å². The lowest BCUT2D eigenvalue weighted by molar-refractivity contribution is -0.155. The predicted molar refractivity (Wildman–Crippen MR) is 45.9 cm³/mol. The van der Waals surface area contributed by atoms with Gasteiger partial charge in [-0.15, -0.1) is 6.58 Å². The number of carbonyl (C=O) groups excluding carboxylic acids is 1. The summed E-state index contributed by atoms with van der Waals surface area (Å²) in [4.78, 5) is 11.2. The summed E-state index contributed by atoms with van der Waals surface area (Å²) in [5.74, 6) is -0.606. The van der Waals surface area contributed by atoms with Gasteiger partial charge in [0, 0.05) is 6.42 Å². The number of ketones is 1. The molecule has 0 aromatic rings.